The van der Waals surface area contributed by atoms with E-state index in [1.807, 2.05) is 0 Å². The lowest BCUT2D eigenvalue weighted by atomic mass is 10.1. The van der Waals surface area contributed by atoms with E-state index in [4.69, 9.17) is 17.2 Å². The van der Waals surface area contributed by atoms with Gasteiger partial charge in [0, 0.05) is 24.7 Å². The highest BCUT2D eigenvalue weighted by molar-refractivity contribution is 4.72. The van der Waals surface area contributed by atoms with Crippen molar-refractivity contribution in [3.8, 4) is 0 Å². The molecule has 0 aromatic carbocycles. The molecule has 3 atom stereocenters. The van der Waals surface area contributed by atoms with Crippen LogP contribution in [0.1, 0.15) is 58.8 Å². The predicted molar refractivity (Wildman–Crippen MR) is 106 cm³/mol. The first-order chi connectivity index (χ1) is 11.6. The first-order valence-corrected chi connectivity index (χ1v) is 9.92. The normalized spacial score (nSPS) is 15.4. The Morgan fingerprint density at radius 3 is 2.04 bits per heavy atom. The molecule has 0 bridgehead atoms. The average molecular weight is 345 g/mol. The maximum Gasteiger partial charge on any atom is 0.0192 e. The van der Waals surface area contributed by atoms with Crippen LogP contribution in [0.5, 0.6) is 0 Å². The molecule has 24 heavy (non-hydrogen) atoms. The van der Waals surface area contributed by atoms with Gasteiger partial charge in [0.1, 0.15) is 0 Å². The molecule has 0 rings (SSSR count). The van der Waals surface area contributed by atoms with E-state index in [0.29, 0.717) is 6.04 Å². The topological polar surface area (TPSA) is 114 Å². The number of rotatable bonds is 18. The van der Waals surface area contributed by atoms with Gasteiger partial charge in [-0.1, -0.05) is 6.42 Å². The van der Waals surface area contributed by atoms with E-state index in [1.54, 1.807) is 0 Å². The van der Waals surface area contributed by atoms with Crippen LogP contribution < -0.4 is 33.2 Å². The minimum Gasteiger partial charge on any atom is -0.330 e. The summed E-state index contributed by atoms with van der Waals surface area (Å²) in [5.41, 5.74) is 17.1. The zero-order valence-electron chi connectivity index (χ0n) is 16.2. The summed E-state index contributed by atoms with van der Waals surface area (Å²) in [5, 5.41) is 10.7. The average Bonchev–Trinajstić information content (AvgIpc) is 2.52. The molecular weight excluding hydrogens is 300 g/mol. The summed E-state index contributed by atoms with van der Waals surface area (Å²) in [7, 11) is 0. The summed E-state index contributed by atoms with van der Waals surface area (Å²) in [6, 6.07) is 1.07. The second-order valence-corrected chi connectivity index (χ2v) is 7.13. The largest absolute Gasteiger partial charge is 0.330 e. The molecule has 0 amide bonds. The lowest BCUT2D eigenvalue weighted by Gasteiger charge is -2.20. The maximum atomic E-state index is 5.84. The Hall–Kier alpha value is -0.240. The van der Waals surface area contributed by atoms with Gasteiger partial charge in [-0.3, -0.25) is 0 Å². The van der Waals surface area contributed by atoms with Gasteiger partial charge in [0.25, 0.3) is 0 Å². The predicted octanol–water partition coefficient (Wildman–Crippen LogP) is 0.508. The molecule has 0 aliphatic rings. The highest BCUT2D eigenvalue weighted by Gasteiger charge is 2.08. The van der Waals surface area contributed by atoms with E-state index < -0.39 is 0 Å². The van der Waals surface area contributed by atoms with E-state index in [0.717, 1.165) is 58.5 Å². The molecule has 0 aromatic heterocycles. The van der Waals surface area contributed by atoms with Crippen LogP contribution in [-0.2, 0) is 0 Å². The Bertz CT molecular complexity index is 248. The molecule has 0 aliphatic heterocycles. The van der Waals surface area contributed by atoms with Gasteiger partial charge in [-0.2, -0.15) is 0 Å². The first-order valence-electron chi connectivity index (χ1n) is 9.92. The molecule has 0 heterocycles. The van der Waals surface area contributed by atoms with Crippen molar-refractivity contribution >= 4 is 0 Å². The van der Waals surface area contributed by atoms with Crippen molar-refractivity contribution in [3.05, 3.63) is 0 Å². The Morgan fingerprint density at radius 1 is 0.708 bits per heavy atom. The summed E-state index contributed by atoms with van der Waals surface area (Å²) in [4.78, 5) is 0. The van der Waals surface area contributed by atoms with E-state index in [2.05, 4.69) is 29.8 Å². The van der Waals surface area contributed by atoms with Gasteiger partial charge in [-0.05, 0) is 85.1 Å². The molecule has 0 fully saturated rings. The monoisotopic (exact) mass is 344 g/mol. The van der Waals surface area contributed by atoms with Gasteiger partial charge in [0.05, 0.1) is 0 Å². The lowest BCUT2D eigenvalue weighted by molar-refractivity contribution is 0.419. The second-order valence-electron chi connectivity index (χ2n) is 7.13. The van der Waals surface area contributed by atoms with Crippen molar-refractivity contribution in [2.45, 2.75) is 76.9 Å². The third-order valence-electron chi connectivity index (χ3n) is 4.16. The third kappa shape index (κ3) is 18.1. The number of hydrogen-bond acceptors (Lipinski definition) is 6. The number of hydrogen-bond donors (Lipinski definition) is 6. The Labute approximate surface area is 150 Å². The molecule has 146 valence electrons. The number of unbranched alkanes of at least 4 members (excludes halogenated alkanes) is 2. The molecule has 0 saturated carbocycles. The van der Waals surface area contributed by atoms with Crippen LogP contribution >= 0.6 is 0 Å². The minimum absolute atomic E-state index is 0.266. The third-order valence-corrected chi connectivity index (χ3v) is 4.16. The van der Waals surface area contributed by atoms with Crippen molar-refractivity contribution < 1.29 is 0 Å². The van der Waals surface area contributed by atoms with Crippen molar-refractivity contribution in [2.75, 3.05) is 39.3 Å². The smallest absolute Gasteiger partial charge is 0.0192 e. The summed E-state index contributed by atoms with van der Waals surface area (Å²) in [5.74, 6) is 0. The number of nitrogens with one attached hydrogen (secondary N) is 3. The molecule has 3 unspecified atom stereocenters. The fourth-order valence-electron chi connectivity index (χ4n) is 2.57. The molecule has 9 N–H and O–H groups in total. The van der Waals surface area contributed by atoms with E-state index in [1.165, 1.54) is 25.7 Å². The molecule has 0 saturated heterocycles. The van der Waals surface area contributed by atoms with Crippen LogP contribution in [0, 0.1) is 0 Å². The van der Waals surface area contributed by atoms with Crippen LogP contribution in [0.3, 0.4) is 0 Å². The standard InChI is InChI=1S/C18H44N6/c1-16(20)8-13-22-12-6-7-18(24-14-9-17(2)21)15-23-11-5-3-4-10-19/h16-18,22-24H,3-15,19-21H2,1-2H3. The van der Waals surface area contributed by atoms with Crippen LogP contribution in [-0.4, -0.2) is 57.4 Å². The van der Waals surface area contributed by atoms with Gasteiger partial charge < -0.3 is 33.2 Å². The van der Waals surface area contributed by atoms with Crippen LogP contribution in [0.25, 0.3) is 0 Å². The molecule has 0 spiro atoms. The Balaban J connectivity index is 3.78. The quantitative estimate of drug-likeness (QED) is 0.202. The molecule has 6 heteroatoms. The minimum atomic E-state index is 0.266. The molecule has 0 aromatic rings. The van der Waals surface area contributed by atoms with Crippen molar-refractivity contribution in [3.63, 3.8) is 0 Å². The fourth-order valence-corrected chi connectivity index (χ4v) is 2.57. The van der Waals surface area contributed by atoms with Gasteiger partial charge in [-0.25, -0.2) is 0 Å². The zero-order valence-corrected chi connectivity index (χ0v) is 16.2. The van der Waals surface area contributed by atoms with E-state index in [9.17, 15) is 0 Å². The summed E-state index contributed by atoms with van der Waals surface area (Å²) < 4.78 is 0. The van der Waals surface area contributed by atoms with Crippen molar-refractivity contribution in [2.24, 2.45) is 17.2 Å². The lowest BCUT2D eigenvalue weighted by Crippen LogP contribution is -2.41. The highest BCUT2D eigenvalue weighted by atomic mass is 15.0. The fraction of sp³-hybridized carbons (Fsp3) is 1.00. The summed E-state index contributed by atoms with van der Waals surface area (Å²) >= 11 is 0. The van der Waals surface area contributed by atoms with Crippen LogP contribution in [0.4, 0.5) is 0 Å². The second kappa shape index (κ2) is 17.6. The van der Waals surface area contributed by atoms with Crippen molar-refractivity contribution in [1.82, 2.24) is 16.0 Å². The Kier molecular flexibility index (Phi) is 17.4. The molecule has 0 radical (unpaired) electrons. The maximum absolute atomic E-state index is 5.84. The van der Waals surface area contributed by atoms with Crippen LogP contribution in [0.2, 0.25) is 0 Å². The van der Waals surface area contributed by atoms with Gasteiger partial charge >= 0.3 is 0 Å². The molecular formula is C18H44N6. The van der Waals surface area contributed by atoms with E-state index >= 15 is 0 Å². The van der Waals surface area contributed by atoms with Gasteiger partial charge in [0.2, 0.25) is 0 Å². The van der Waals surface area contributed by atoms with Crippen molar-refractivity contribution in [1.29, 1.82) is 0 Å². The summed E-state index contributed by atoms with van der Waals surface area (Å²) in [6.07, 6.45) is 7.99. The number of nitrogens with two attached hydrogens (primary N) is 3. The first kappa shape index (κ1) is 23.8. The van der Waals surface area contributed by atoms with Gasteiger partial charge in [0.15, 0.2) is 0 Å². The zero-order chi connectivity index (χ0) is 18.0. The molecule has 0 aliphatic carbocycles. The van der Waals surface area contributed by atoms with Crippen LogP contribution in [0.15, 0.2) is 0 Å². The van der Waals surface area contributed by atoms with E-state index in [-0.39, 0.29) is 12.1 Å². The summed E-state index contributed by atoms with van der Waals surface area (Å²) in [6.45, 7) is 10.1. The SMILES string of the molecule is CC(N)CCNCCCC(CNCCCCCN)NCCC(C)N. The molecule has 6 nitrogen and oxygen atoms in total. The Morgan fingerprint density at radius 2 is 1.38 bits per heavy atom. The van der Waals surface area contributed by atoms with Gasteiger partial charge in [-0.15, -0.1) is 0 Å². The highest BCUT2D eigenvalue weighted by Crippen LogP contribution is 1.98.